The molecule has 1 saturated heterocycles. The van der Waals surface area contributed by atoms with E-state index in [-0.39, 0.29) is 29.6 Å². The van der Waals surface area contributed by atoms with Gasteiger partial charge in [0.2, 0.25) is 0 Å². The number of urea groups is 1. The van der Waals surface area contributed by atoms with Crippen LogP contribution < -0.4 is 9.80 Å². The van der Waals surface area contributed by atoms with Gasteiger partial charge in [-0.3, -0.25) is 9.80 Å². The molecule has 178 valence electrons. The Kier molecular flexibility index (Phi) is 6.21. The second-order valence-electron chi connectivity index (χ2n) is 8.17. The molecule has 4 rings (SSSR count). The topological polar surface area (TPSA) is 73.6 Å². The second-order valence-corrected chi connectivity index (χ2v) is 8.17. The first-order valence-corrected chi connectivity index (χ1v) is 10.9. The number of hydrogen-bond donors (Lipinski definition) is 0. The molecule has 2 aliphatic rings. The van der Waals surface area contributed by atoms with Gasteiger partial charge in [-0.2, -0.15) is 18.4 Å². The number of nitrogens with zero attached hydrogens (tertiary/aromatic N) is 3. The Hall–Kier alpha value is -3.61. The predicted octanol–water partition coefficient (Wildman–Crippen LogP) is 5.65. The fourth-order valence-electron chi connectivity index (χ4n) is 4.74. The van der Waals surface area contributed by atoms with Crippen molar-refractivity contribution in [1.29, 1.82) is 5.26 Å². The number of carbonyl (C=O) groups excluding carboxylic acids is 2. The highest BCUT2D eigenvalue weighted by atomic mass is 19.4. The summed E-state index contributed by atoms with van der Waals surface area (Å²) in [5.74, 6) is -1.68. The molecule has 2 aromatic carbocycles. The molecule has 34 heavy (non-hydrogen) atoms. The number of rotatable bonds is 4. The van der Waals surface area contributed by atoms with Crippen molar-refractivity contribution in [2.24, 2.45) is 0 Å². The van der Waals surface area contributed by atoms with Gasteiger partial charge in [-0.25, -0.2) is 14.0 Å². The average Bonchev–Trinajstić information content (AvgIpc) is 3.09. The van der Waals surface area contributed by atoms with E-state index in [0.29, 0.717) is 12.8 Å². The maximum Gasteiger partial charge on any atom is 0.417 e. The Morgan fingerprint density at radius 3 is 2.21 bits per heavy atom. The lowest BCUT2D eigenvalue weighted by atomic mass is 9.89. The summed E-state index contributed by atoms with van der Waals surface area (Å²) in [4.78, 5) is 28.1. The quantitative estimate of drug-likeness (QED) is 0.423. The first-order valence-electron chi connectivity index (χ1n) is 10.9. The van der Waals surface area contributed by atoms with Gasteiger partial charge in [0.1, 0.15) is 5.82 Å². The van der Waals surface area contributed by atoms with Gasteiger partial charge in [0.25, 0.3) is 0 Å². The Balaban J connectivity index is 1.75. The van der Waals surface area contributed by atoms with E-state index in [1.807, 2.05) is 0 Å². The average molecular weight is 475 g/mol. The molecule has 6 nitrogen and oxygen atoms in total. The van der Waals surface area contributed by atoms with E-state index in [9.17, 15) is 27.2 Å². The summed E-state index contributed by atoms with van der Waals surface area (Å²) in [6, 6.07) is 7.10. The van der Waals surface area contributed by atoms with Crippen LogP contribution in [0.4, 0.5) is 33.7 Å². The fourth-order valence-corrected chi connectivity index (χ4v) is 4.74. The maximum atomic E-state index is 14.7. The third kappa shape index (κ3) is 4.06. The zero-order valence-corrected chi connectivity index (χ0v) is 18.2. The van der Waals surface area contributed by atoms with E-state index < -0.39 is 41.2 Å². The van der Waals surface area contributed by atoms with Crippen LogP contribution in [0.2, 0.25) is 0 Å². The molecular formula is C24H21F4N3O3. The Labute approximate surface area is 193 Å². The van der Waals surface area contributed by atoms with Crippen molar-refractivity contribution in [3.63, 3.8) is 0 Å². The molecule has 2 amide bonds. The van der Waals surface area contributed by atoms with Crippen molar-refractivity contribution < 1.29 is 31.9 Å². The molecule has 10 heteroatoms. The zero-order chi connectivity index (χ0) is 24.6. The molecule has 0 aromatic heterocycles. The normalized spacial score (nSPS) is 20.2. The SMILES string of the molecule is CCOC(=O)c1ccc(N2C(=O)N(c3ccc(C#N)c(C(F)(F)F)c3)[C@@H]3CCCC[C@H]32)cc1F. The summed E-state index contributed by atoms with van der Waals surface area (Å²) < 4.78 is 60.1. The number of hydrogen-bond acceptors (Lipinski definition) is 4. The number of nitriles is 1. The van der Waals surface area contributed by atoms with Gasteiger partial charge in [0, 0.05) is 11.4 Å². The number of carbonyl (C=O) groups is 2. The van der Waals surface area contributed by atoms with Crippen LogP contribution in [-0.2, 0) is 10.9 Å². The van der Waals surface area contributed by atoms with E-state index in [4.69, 9.17) is 10.00 Å². The van der Waals surface area contributed by atoms with E-state index in [2.05, 4.69) is 0 Å². The van der Waals surface area contributed by atoms with Crippen LogP contribution >= 0.6 is 0 Å². The summed E-state index contributed by atoms with van der Waals surface area (Å²) in [7, 11) is 0. The summed E-state index contributed by atoms with van der Waals surface area (Å²) in [6.07, 6.45) is -2.00. The van der Waals surface area contributed by atoms with Crippen LogP contribution in [-0.4, -0.2) is 30.7 Å². The van der Waals surface area contributed by atoms with Crippen molar-refractivity contribution in [3.8, 4) is 6.07 Å². The van der Waals surface area contributed by atoms with E-state index in [1.54, 1.807) is 6.92 Å². The molecule has 1 aliphatic carbocycles. The number of ether oxygens (including phenoxy) is 1. The molecule has 1 saturated carbocycles. The minimum Gasteiger partial charge on any atom is -0.462 e. The van der Waals surface area contributed by atoms with E-state index >= 15 is 0 Å². The van der Waals surface area contributed by atoms with Crippen molar-refractivity contribution in [3.05, 3.63) is 58.9 Å². The largest absolute Gasteiger partial charge is 0.462 e. The molecule has 1 aliphatic heterocycles. The standard InChI is InChI=1S/C24H21F4N3O3/c1-2-34-22(32)17-10-9-16(12-19(17)25)31-21-6-4-3-5-20(21)30(23(31)33)15-8-7-14(13-29)18(11-15)24(26,27)28/h7-12,20-21H,2-6H2,1H3/t20-,21-/m1/s1. The molecule has 0 bridgehead atoms. The van der Waals surface area contributed by atoms with Gasteiger partial charge < -0.3 is 4.74 Å². The van der Waals surface area contributed by atoms with Gasteiger partial charge in [-0.1, -0.05) is 12.8 Å². The molecule has 2 fully saturated rings. The van der Waals surface area contributed by atoms with E-state index in [0.717, 1.165) is 31.0 Å². The van der Waals surface area contributed by atoms with Gasteiger partial charge in [0.05, 0.1) is 41.5 Å². The summed E-state index contributed by atoms with van der Waals surface area (Å²) in [5, 5.41) is 9.08. The molecule has 0 spiro atoms. The number of halogens is 4. The zero-order valence-electron chi connectivity index (χ0n) is 18.2. The van der Waals surface area contributed by atoms with Gasteiger partial charge >= 0.3 is 18.2 Å². The van der Waals surface area contributed by atoms with Crippen LogP contribution in [0.3, 0.4) is 0 Å². The van der Waals surface area contributed by atoms with Crippen LogP contribution in [0, 0.1) is 17.1 Å². The maximum absolute atomic E-state index is 14.7. The molecule has 0 N–H and O–H groups in total. The number of alkyl halides is 3. The van der Waals surface area contributed by atoms with Crippen molar-refractivity contribution in [2.45, 2.75) is 50.9 Å². The predicted molar refractivity (Wildman–Crippen MR) is 115 cm³/mol. The minimum atomic E-state index is -4.76. The highest BCUT2D eigenvalue weighted by Gasteiger charge is 2.48. The lowest BCUT2D eigenvalue weighted by Gasteiger charge is -2.32. The summed E-state index contributed by atoms with van der Waals surface area (Å²) >= 11 is 0. The molecule has 2 atom stereocenters. The lowest BCUT2D eigenvalue weighted by molar-refractivity contribution is -0.137. The van der Waals surface area contributed by atoms with Crippen molar-refractivity contribution >= 4 is 23.4 Å². The van der Waals surface area contributed by atoms with Gasteiger partial charge in [-0.15, -0.1) is 0 Å². The Bertz CT molecular complexity index is 1180. The summed E-state index contributed by atoms with van der Waals surface area (Å²) in [5.41, 5.74) is -1.68. The van der Waals surface area contributed by atoms with Gasteiger partial charge in [0.15, 0.2) is 0 Å². The van der Waals surface area contributed by atoms with Crippen molar-refractivity contribution in [2.75, 3.05) is 16.4 Å². The molecule has 2 aromatic rings. The number of esters is 1. The molecule has 1 heterocycles. The first kappa shape index (κ1) is 23.5. The van der Waals surface area contributed by atoms with Crippen LogP contribution in [0.25, 0.3) is 0 Å². The highest BCUT2D eigenvalue weighted by Crippen LogP contribution is 2.42. The fraction of sp³-hybridized carbons (Fsp3) is 0.375. The van der Waals surface area contributed by atoms with Crippen LogP contribution in [0.15, 0.2) is 36.4 Å². The molecule has 0 radical (unpaired) electrons. The monoisotopic (exact) mass is 475 g/mol. The molecular weight excluding hydrogens is 454 g/mol. The number of amides is 2. The third-order valence-corrected chi connectivity index (χ3v) is 6.20. The Morgan fingerprint density at radius 1 is 1.09 bits per heavy atom. The third-order valence-electron chi connectivity index (χ3n) is 6.20. The summed E-state index contributed by atoms with van der Waals surface area (Å²) in [6.45, 7) is 1.67. The van der Waals surface area contributed by atoms with Gasteiger partial charge in [-0.05, 0) is 56.2 Å². The van der Waals surface area contributed by atoms with Crippen LogP contribution in [0.5, 0.6) is 0 Å². The number of benzene rings is 2. The van der Waals surface area contributed by atoms with E-state index in [1.165, 1.54) is 34.1 Å². The smallest absolute Gasteiger partial charge is 0.417 e. The minimum absolute atomic E-state index is 0.0272. The van der Waals surface area contributed by atoms with Crippen molar-refractivity contribution in [1.82, 2.24) is 0 Å². The number of fused-ring (bicyclic) bond motifs is 1. The first-order chi connectivity index (χ1) is 16.2. The highest BCUT2D eigenvalue weighted by molar-refractivity contribution is 6.08. The second kappa shape index (κ2) is 8.97. The van der Waals surface area contributed by atoms with Crippen LogP contribution in [0.1, 0.15) is 54.1 Å². The Morgan fingerprint density at radius 2 is 1.68 bits per heavy atom. The lowest BCUT2D eigenvalue weighted by Crippen LogP contribution is -2.40. The molecule has 0 unspecified atom stereocenters. The number of anilines is 2.